The molecule has 1 aliphatic rings. The third-order valence-electron chi connectivity index (χ3n) is 4.42. The minimum absolute atomic E-state index is 0. The van der Waals surface area contributed by atoms with Gasteiger partial charge in [0.2, 0.25) is 0 Å². The lowest BCUT2D eigenvalue weighted by Crippen LogP contribution is -2.24. The van der Waals surface area contributed by atoms with Crippen LogP contribution in [0.2, 0.25) is 0 Å². The standard InChI is InChI=1S/C17H23N5.HI/c1-12-14(11-20-22(12)2)10-19-17(18)21-16-9-5-7-13-6-3-4-8-15(13)16;/h5,7,9,11H,3-4,6,8,10H2,1-2H3,(H3,18,19,21);1H. The third-order valence-corrected chi connectivity index (χ3v) is 4.42. The fraction of sp³-hybridized carbons (Fsp3) is 0.412. The molecule has 0 saturated carbocycles. The number of halogens is 1. The average Bonchev–Trinajstić information content (AvgIpc) is 2.85. The van der Waals surface area contributed by atoms with Crippen molar-refractivity contribution >= 4 is 35.6 Å². The lowest BCUT2D eigenvalue weighted by atomic mass is 9.90. The molecule has 1 aromatic heterocycles. The summed E-state index contributed by atoms with van der Waals surface area (Å²) in [5, 5.41) is 7.49. The van der Waals surface area contributed by atoms with Gasteiger partial charge in [-0.15, -0.1) is 24.0 Å². The Labute approximate surface area is 154 Å². The van der Waals surface area contributed by atoms with E-state index >= 15 is 0 Å². The molecule has 0 saturated heterocycles. The molecule has 1 heterocycles. The highest BCUT2D eigenvalue weighted by atomic mass is 127. The van der Waals surface area contributed by atoms with Gasteiger partial charge in [-0.2, -0.15) is 5.10 Å². The monoisotopic (exact) mass is 425 g/mol. The molecule has 0 amide bonds. The smallest absolute Gasteiger partial charge is 0.193 e. The molecule has 1 aromatic carbocycles. The predicted octanol–water partition coefficient (Wildman–Crippen LogP) is 3.15. The topological polar surface area (TPSA) is 68.2 Å². The molecule has 6 heteroatoms. The van der Waals surface area contributed by atoms with E-state index in [0.717, 1.165) is 29.8 Å². The Hall–Kier alpha value is -1.57. The van der Waals surface area contributed by atoms with Gasteiger partial charge in [0.1, 0.15) is 0 Å². The van der Waals surface area contributed by atoms with E-state index in [2.05, 4.69) is 33.6 Å². The number of nitrogens with zero attached hydrogens (tertiary/aromatic N) is 3. The minimum atomic E-state index is 0. The van der Waals surface area contributed by atoms with Crippen molar-refractivity contribution in [2.45, 2.75) is 39.2 Å². The first kappa shape index (κ1) is 17.8. The first-order valence-corrected chi connectivity index (χ1v) is 7.80. The number of nitrogens with one attached hydrogen (secondary N) is 1. The van der Waals surface area contributed by atoms with Crippen LogP contribution in [-0.4, -0.2) is 15.7 Å². The summed E-state index contributed by atoms with van der Waals surface area (Å²) in [6.45, 7) is 2.59. The largest absolute Gasteiger partial charge is 0.370 e. The van der Waals surface area contributed by atoms with Crippen LogP contribution in [0.5, 0.6) is 0 Å². The second kappa shape index (κ2) is 7.81. The van der Waals surface area contributed by atoms with Gasteiger partial charge in [0, 0.05) is 24.0 Å². The lowest BCUT2D eigenvalue weighted by molar-refractivity contribution is 0.687. The van der Waals surface area contributed by atoms with Crippen LogP contribution in [0, 0.1) is 6.92 Å². The SMILES string of the molecule is Cc1c(CN=C(N)Nc2cccc3c2CCCC3)cnn1C.I. The van der Waals surface area contributed by atoms with Crippen molar-refractivity contribution in [3.8, 4) is 0 Å². The highest BCUT2D eigenvalue weighted by molar-refractivity contribution is 14.0. The highest BCUT2D eigenvalue weighted by Gasteiger charge is 2.13. The summed E-state index contributed by atoms with van der Waals surface area (Å²) in [6.07, 6.45) is 6.65. The molecule has 0 spiro atoms. The highest BCUT2D eigenvalue weighted by Crippen LogP contribution is 2.27. The fourth-order valence-corrected chi connectivity index (χ4v) is 2.95. The number of benzene rings is 1. The fourth-order valence-electron chi connectivity index (χ4n) is 2.95. The Bertz CT molecular complexity index is 705. The number of anilines is 1. The van der Waals surface area contributed by atoms with Gasteiger partial charge in [-0.05, 0) is 49.8 Å². The Kier molecular flexibility index (Phi) is 6.04. The maximum Gasteiger partial charge on any atom is 0.193 e. The summed E-state index contributed by atoms with van der Waals surface area (Å²) in [4.78, 5) is 4.44. The minimum Gasteiger partial charge on any atom is -0.370 e. The number of rotatable bonds is 3. The quantitative estimate of drug-likeness (QED) is 0.451. The molecule has 124 valence electrons. The van der Waals surface area contributed by atoms with Crippen LogP contribution >= 0.6 is 24.0 Å². The van der Waals surface area contributed by atoms with E-state index < -0.39 is 0 Å². The van der Waals surface area contributed by atoms with Crippen molar-refractivity contribution in [3.63, 3.8) is 0 Å². The first-order chi connectivity index (χ1) is 10.6. The van der Waals surface area contributed by atoms with Crippen molar-refractivity contribution in [1.29, 1.82) is 0 Å². The molecule has 0 bridgehead atoms. The molecule has 23 heavy (non-hydrogen) atoms. The Balaban J connectivity index is 0.00000192. The van der Waals surface area contributed by atoms with Gasteiger partial charge in [0.05, 0.1) is 12.7 Å². The van der Waals surface area contributed by atoms with Crippen LogP contribution in [0.15, 0.2) is 29.4 Å². The van der Waals surface area contributed by atoms with Crippen molar-refractivity contribution in [2.24, 2.45) is 17.8 Å². The molecule has 0 aliphatic heterocycles. The zero-order valence-electron chi connectivity index (χ0n) is 13.7. The second-order valence-electron chi connectivity index (χ2n) is 5.86. The molecule has 2 aromatic rings. The normalized spacial score (nSPS) is 14.1. The number of nitrogens with two attached hydrogens (primary N) is 1. The number of aromatic nitrogens is 2. The molecule has 5 nitrogen and oxygen atoms in total. The summed E-state index contributed by atoms with van der Waals surface area (Å²) in [7, 11) is 1.93. The van der Waals surface area contributed by atoms with Crippen LogP contribution in [0.4, 0.5) is 5.69 Å². The molecule has 3 N–H and O–H groups in total. The van der Waals surface area contributed by atoms with Crippen LogP contribution in [0.25, 0.3) is 0 Å². The van der Waals surface area contributed by atoms with E-state index in [-0.39, 0.29) is 24.0 Å². The van der Waals surface area contributed by atoms with Gasteiger partial charge >= 0.3 is 0 Å². The molecule has 0 radical (unpaired) electrons. The van der Waals surface area contributed by atoms with Gasteiger partial charge < -0.3 is 11.1 Å². The van der Waals surface area contributed by atoms with Crippen LogP contribution in [0.1, 0.15) is 35.2 Å². The molecule has 0 unspecified atom stereocenters. The van der Waals surface area contributed by atoms with Crippen molar-refractivity contribution < 1.29 is 0 Å². The molecule has 0 fully saturated rings. The zero-order valence-corrected chi connectivity index (χ0v) is 16.0. The van der Waals surface area contributed by atoms with E-state index in [1.54, 1.807) is 0 Å². The number of hydrogen-bond acceptors (Lipinski definition) is 2. The van der Waals surface area contributed by atoms with Gasteiger partial charge in [-0.25, -0.2) is 4.99 Å². The molecular weight excluding hydrogens is 401 g/mol. The summed E-state index contributed by atoms with van der Waals surface area (Å²) in [5.41, 5.74) is 12.2. The maximum absolute atomic E-state index is 6.06. The number of aryl methyl sites for hydroxylation is 2. The summed E-state index contributed by atoms with van der Waals surface area (Å²) < 4.78 is 1.85. The second-order valence-corrected chi connectivity index (χ2v) is 5.86. The Morgan fingerprint density at radius 3 is 2.87 bits per heavy atom. The summed E-state index contributed by atoms with van der Waals surface area (Å²) in [5.74, 6) is 0.460. The van der Waals surface area contributed by atoms with E-state index in [9.17, 15) is 0 Å². The van der Waals surface area contributed by atoms with Crippen LogP contribution < -0.4 is 11.1 Å². The van der Waals surface area contributed by atoms with Gasteiger partial charge in [-0.3, -0.25) is 4.68 Å². The van der Waals surface area contributed by atoms with E-state index in [4.69, 9.17) is 5.73 Å². The van der Waals surface area contributed by atoms with Crippen LogP contribution in [0.3, 0.4) is 0 Å². The van der Waals surface area contributed by atoms with E-state index in [1.165, 1.54) is 24.0 Å². The van der Waals surface area contributed by atoms with Gasteiger partial charge in [0.25, 0.3) is 0 Å². The molecule has 0 atom stereocenters. The Morgan fingerprint density at radius 2 is 2.13 bits per heavy atom. The number of aliphatic imine (C=N–C) groups is 1. The van der Waals surface area contributed by atoms with Crippen molar-refractivity contribution in [2.75, 3.05) is 5.32 Å². The number of fused-ring (bicyclic) bond motifs is 1. The average molecular weight is 425 g/mol. The molecule has 3 rings (SSSR count). The summed E-state index contributed by atoms with van der Waals surface area (Å²) >= 11 is 0. The lowest BCUT2D eigenvalue weighted by Gasteiger charge is -2.19. The van der Waals surface area contributed by atoms with E-state index in [0.29, 0.717) is 12.5 Å². The van der Waals surface area contributed by atoms with Crippen LogP contribution in [-0.2, 0) is 26.4 Å². The van der Waals surface area contributed by atoms with Crippen molar-refractivity contribution in [3.05, 3.63) is 46.8 Å². The number of hydrogen-bond donors (Lipinski definition) is 2. The third kappa shape index (κ3) is 4.04. The van der Waals surface area contributed by atoms with Gasteiger partial charge in [-0.1, -0.05) is 12.1 Å². The Morgan fingerprint density at radius 1 is 1.35 bits per heavy atom. The summed E-state index contributed by atoms with van der Waals surface area (Å²) in [6, 6.07) is 6.39. The van der Waals surface area contributed by atoms with E-state index in [1.807, 2.05) is 24.9 Å². The maximum atomic E-state index is 6.06. The number of guanidine groups is 1. The zero-order chi connectivity index (χ0) is 15.5. The molecular formula is C17H24IN5. The predicted molar refractivity (Wildman–Crippen MR) is 105 cm³/mol. The first-order valence-electron chi connectivity index (χ1n) is 7.80. The van der Waals surface area contributed by atoms with Crippen molar-refractivity contribution in [1.82, 2.24) is 9.78 Å². The van der Waals surface area contributed by atoms with Gasteiger partial charge in [0.15, 0.2) is 5.96 Å². The molecule has 1 aliphatic carbocycles.